The van der Waals surface area contributed by atoms with Crippen molar-refractivity contribution in [3.8, 4) is 6.07 Å². The Kier molecular flexibility index (Phi) is 5.18. The summed E-state index contributed by atoms with van der Waals surface area (Å²) in [5.41, 5.74) is 0. The maximum atomic E-state index is 10.8. The average molecular weight is 155 g/mol. The third kappa shape index (κ3) is 4.38. The van der Waals surface area contributed by atoms with Gasteiger partial charge in [-0.15, -0.1) is 0 Å². The van der Waals surface area contributed by atoms with E-state index in [0.29, 0.717) is 6.42 Å². The first-order chi connectivity index (χ1) is 5.22. The van der Waals surface area contributed by atoms with Crippen LogP contribution in [-0.4, -0.2) is 13.1 Å². The number of unbranched alkanes of at least 4 members (excludes halogenated alkanes) is 1. The first-order valence-corrected chi connectivity index (χ1v) is 3.67. The highest BCUT2D eigenvalue weighted by atomic mass is 16.5. The highest BCUT2D eigenvalue weighted by molar-refractivity contribution is 5.71. The predicted octanol–water partition coefficient (Wildman–Crippen LogP) is 1.49. The van der Waals surface area contributed by atoms with Crippen molar-refractivity contribution in [3.63, 3.8) is 0 Å². The zero-order valence-corrected chi connectivity index (χ0v) is 6.96. The molecule has 0 fully saturated rings. The van der Waals surface area contributed by atoms with E-state index in [-0.39, 0.29) is 11.9 Å². The summed E-state index contributed by atoms with van der Waals surface area (Å²) < 4.78 is 4.52. The van der Waals surface area contributed by atoms with Crippen LogP contribution < -0.4 is 0 Å². The van der Waals surface area contributed by atoms with Crippen LogP contribution in [0.5, 0.6) is 0 Å². The fourth-order valence-electron chi connectivity index (χ4n) is 0.806. The van der Waals surface area contributed by atoms with Gasteiger partial charge in [0.2, 0.25) is 0 Å². The summed E-state index contributed by atoms with van der Waals surface area (Å²) in [5, 5.41) is 8.21. The number of hydrogen-bond donors (Lipinski definition) is 0. The van der Waals surface area contributed by atoms with Gasteiger partial charge < -0.3 is 4.74 Å². The normalized spacial score (nSPS) is 11.7. The Labute approximate surface area is 67.0 Å². The van der Waals surface area contributed by atoms with Crippen LogP contribution in [0.1, 0.15) is 26.2 Å². The summed E-state index contributed by atoms with van der Waals surface area (Å²) in [4.78, 5) is 10.8. The Balaban J connectivity index is 3.45. The number of carbonyl (C=O) groups excluding carboxylic acids is 1. The molecule has 0 N–H and O–H groups in total. The van der Waals surface area contributed by atoms with E-state index in [1.54, 1.807) is 0 Å². The fraction of sp³-hybridized carbons (Fsp3) is 0.750. The van der Waals surface area contributed by atoms with Crippen molar-refractivity contribution in [2.75, 3.05) is 7.11 Å². The Bertz CT molecular complexity index is 160. The number of rotatable bonds is 4. The van der Waals surface area contributed by atoms with E-state index >= 15 is 0 Å². The van der Waals surface area contributed by atoms with Crippen molar-refractivity contribution in [1.82, 2.24) is 0 Å². The summed E-state index contributed by atoms with van der Waals surface area (Å²) in [6, 6.07) is 2.03. The first-order valence-electron chi connectivity index (χ1n) is 3.67. The molecule has 1 atom stereocenters. The molecule has 0 bridgehead atoms. The van der Waals surface area contributed by atoms with E-state index in [1.165, 1.54) is 7.11 Å². The maximum absolute atomic E-state index is 10.8. The van der Waals surface area contributed by atoms with Gasteiger partial charge in [0.15, 0.2) is 0 Å². The molecule has 1 unspecified atom stereocenters. The molecule has 0 radical (unpaired) electrons. The minimum Gasteiger partial charge on any atom is -0.469 e. The number of esters is 1. The molecule has 0 rings (SSSR count). The minimum absolute atomic E-state index is 0.0756. The molecule has 0 aliphatic rings. The molecule has 11 heavy (non-hydrogen) atoms. The van der Waals surface area contributed by atoms with Crippen molar-refractivity contribution >= 4 is 5.97 Å². The van der Waals surface area contributed by atoms with Crippen LogP contribution in [-0.2, 0) is 9.53 Å². The van der Waals surface area contributed by atoms with E-state index in [9.17, 15) is 4.79 Å². The fourth-order valence-corrected chi connectivity index (χ4v) is 0.806. The molecule has 3 heteroatoms. The van der Waals surface area contributed by atoms with Crippen LogP contribution in [0.3, 0.4) is 0 Å². The number of nitriles is 1. The lowest BCUT2D eigenvalue weighted by molar-refractivity contribution is -0.145. The lowest BCUT2D eigenvalue weighted by atomic mass is 10.1. The van der Waals surface area contributed by atoms with Crippen molar-refractivity contribution in [2.45, 2.75) is 26.2 Å². The second kappa shape index (κ2) is 5.72. The van der Waals surface area contributed by atoms with Gasteiger partial charge in [-0.2, -0.15) is 5.26 Å². The van der Waals surface area contributed by atoms with Crippen LogP contribution in [0.4, 0.5) is 0 Å². The summed E-state index contributed by atoms with van der Waals surface area (Å²) >= 11 is 0. The molecule has 62 valence electrons. The standard InChI is InChI=1S/C8H13NO2/c1-7(8(10)11-2)5-3-4-6-9/h7H,3-5H2,1-2H3. The highest BCUT2D eigenvalue weighted by Crippen LogP contribution is 2.08. The van der Waals surface area contributed by atoms with Gasteiger partial charge in [-0.25, -0.2) is 0 Å². The van der Waals surface area contributed by atoms with E-state index < -0.39 is 0 Å². The average Bonchev–Trinajstić information content (AvgIpc) is 2.03. The molecule has 0 saturated carbocycles. The quantitative estimate of drug-likeness (QED) is 0.456. The first kappa shape index (κ1) is 9.96. The number of methoxy groups -OCH3 is 1. The molecular formula is C8H13NO2. The number of ether oxygens (including phenoxy) is 1. The zero-order chi connectivity index (χ0) is 8.69. The second-order valence-corrected chi connectivity index (χ2v) is 2.47. The predicted molar refractivity (Wildman–Crippen MR) is 40.6 cm³/mol. The molecule has 3 nitrogen and oxygen atoms in total. The Hall–Kier alpha value is -1.04. The summed E-state index contributed by atoms with van der Waals surface area (Å²) in [6.07, 6.45) is 2.02. The monoisotopic (exact) mass is 155 g/mol. The second-order valence-electron chi connectivity index (χ2n) is 2.47. The molecule has 0 spiro atoms. The van der Waals surface area contributed by atoms with Gasteiger partial charge in [0, 0.05) is 6.42 Å². The van der Waals surface area contributed by atoms with Gasteiger partial charge in [0.1, 0.15) is 0 Å². The largest absolute Gasteiger partial charge is 0.469 e. The summed E-state index contributed by atoms with van der Waals surface area (Å²) in [5.74, 6) is -0.267. The summed E-state index contributed by atoms with van der Waals surface area (Å²) in [6.45, 7) is 1.81. The Morgan fingerprint density at radius 3 is 2.82 bits per heavy atom. The molecule has 0 amide bonds. The lowest BCUT2D eigenvalue weighted by Gasteiger charge is -2.06. The van der Waals surface area contributed by atoms with Crippen LogP contribution in [0.25, 0.3) is 0 Å². The third-order valence-electron chi connectivity index (χ3n) is 1.53. The van der Waals surface area contributed by atoms with Gasteiger partial charge in [-0.3, -0.25) is 4.79 Å². The number of nitrogens with zero attached hydrogens (tertiary/aromatic N) is 1. The van der Waals surface area contributed by atoms with E-state index in [2.05, 4.69) is 4.74 Å². The molecule has 0 aliphatic heterocycles. The molecule has 0 aliphatic carbocycles. The molecule has 0 saturated heterocycles. The van der Waals surface area contributed by atoms with Gasteiger partial charge in [-0.1, -0.05) is 6.92 Å². The molecule has 0 heterocycles. The summed E-state index contributed by atoms with van der Waals surface area (Å²) in [7, 11) is 1.38. The van der Waals surface area contributed by atoms with Crippen molar-refractivity contribution in [3.05, 3.63) is 0 Å². The zero-order valence-electron chi connectivity index (χ0n) is 6.96. The Morgan fingerprint density at radius 1 is 1.73 bits per heavy atom. The van der Waals surface area contributed by atoms with Gasteiger partial charge in [0.25, 0.3) is 0 Å². The highest BCUT2D eigenvalue weighted by Gasteiger charge is 2.11. The smallest absolute Gasteiger partial charge is 0.308 e. The van der Waals surface area contributed by atoms with E-state index in [0.717, 1.165) is 12.8 Å². The van der Waals surface area contributed by atoms with Crippen LogP contribution in [0.2, 0.25) is 0 Å². The SMILES string of the molecule is COC(=O)C(C)CCCC#N. The minimum atomic E-state index is -0.192. The molecular weight excluding hydrogens is 142 g/mol. The van der Waals surface area contributed by atoms with E-state index in [1.807, 2.05) is 13.0 Å². The lowest BCUT2D eigenvalue weighted by Crippen LogP contribution is -2.12. The molecule has 0 aromatic heterocycles. The van der Waals surface area contributed by atoms with Crippen molar-refractivity contribution in [1.29, 1.82) is 5.26 Å². The Morgan fingerprint density at radius 2 is 2.36 bits per heavy atom. The third-order valence-corrected chi connectivity index (χ3v) is 1.53. The van der Waals surface area contributed by atoms with Crippen LogP contribution in [0.15, 0.2) is 0 Å². The number of carbonyl (C=O) groups is 1. The topological polar surface area (TPSA) is 50.1 Å². The van der Waals surface area contributed by atoms with Crippen molar-refractivity contribution in [2.24, 2.45) is 5.92 Å². The maximum Gasteiger partial charge on any atom is 0.308 e. The van der Waals surface area contributed by atoms with E-state index in [4.69, 9.17) is 5.26 Å². The van der Waals surface area contributed by atoms with Gasteiger partial charge in [-0.05, 0) is 12.8 Å². The molecule has 0 aromatic carbocycles. The molecule has 0 aromatic rings. The van der Waals surface area contributed by atoms with Crippen molar-refractivity contribution < 1.29 is 9.53 Å². The van der Waals surface area contributed by atoms with Crippen LogP contribution >= 0.6 is 0 Å². The van der Waals surface area contributed by atoms with Crippen LogP contribution in [0, 0.1) is 17.2 Å². The number of hydrogen-bond acceptors (Lipinski definition) is 3. The van der Waals surface area contributed by atoms with Gasteiger partial charge in [0.05, 0.1) is 19.1 Å². The van der Waals surface area contributed by atoms with Gasteiger partial charge >= 0.3 is 5.97 Å².